The number of carbonyl (C=O) groups is 2. The fraction of sp³-hybridized carbons (Fsp3) is 0.333. The third-order valence-electron chi connectivity index (χ3n) is 6.00. The van der Waals surface area contributed by atoms with Crippen molar-refractivity contribution in [1.82, 2.24) is 9.88 Å². The number of rotatable bonds is 9. The first-order valence-corrected chi connectivity index (χ1v) is 11.6. The van der Waals surface area contributed by atoms with Gasteiger partial charge >= 0.3 is 0 Å². The van der Waals surface area contributed by atoms with E-state index in [9.17, 15) is 14.7 Å². The van der Waals surface area contributed by atoms with Crippen molar-refractivity contribution in [1.29, 1.82) is 0 Å². The molecule has 2 N–H and O–H groups in total. The number of ether oxygens (including phenoxy) is 3. The lowest BCUT2D eigenvalue weighted by atomic mass is 9.92. The van der Waals surface area contributed by atoms with Crippen LogP contribution in [0.5, 0.6) is 0 Å². The first-order valence-electron chi connectivity index (χ1n) is 11.6. The molecule has 1 aromatic heterocycles. The number of benzene rings is 2. The number of nitrogens with one attached hydrogen (secondary N) is 1. The van der Waals surface area contributed by atoms with Gasteiger partial charge in [-0.3, -0.25) is 14.2 Å². The van der Waals surface area contributed by atoms with E-state index < -0.39 is 6.29 Å². The van der Waals surface area contributed by atoms with Gasteiger partial charge in [0.1, 0.15) is 0 Å². The first kappa shape index (κ1) is 24.7. The zero-order valence-corrected chi connectivity index (χ0v) is 19.9. The van der Waals surface area contributed by atoms with Crippen molar-refractivity contribution in [3.63, 3.8) is 0 Å². The summed E-state index contributed by atoms with van der Waals surface area (Å²) in [5, 5.41) is 13.0. The van der Waals surface area contributed by atoms with Crippen molar-refractivity contribution in [3.05, 3.63) is 83.3 Å². The van der Waals surface area contributed by atoms with Crippen LogP contribution in [-0.2, 0) is 32.2 Å². The molecule has 8 heteroatoms. The number of aromatic nitrogens is 1. The molecular formula is C27H30N2O6. The van der Waals surface area contributed by atoms with Crippen LogP contribution in [-0.4, -0.2) is 48.0 Å². The molecule has 0 bridgehead atoms. The Morgan fingerprint density at radius 2 is 1.89 bits per heavy atom. The zero-order chi connectivity index (χ0) is 24.8. The van der Waals surface area contributed by atoms with Gasteiger partial charge in [0.2, 0.25) is 12.2 Å². The molecule has 0 spiro atoms. The molecule has 4 rings (SSSR count). The largest absolute Gasteiger partial charge is 0.459 e. The number of methoxy groups -OCH3 is 1. The van der Waals surface area contributed by atoms with E-state index in [1.807, 2.05) is 54.7 Å². The van der Waals surface area contributed by atoms with Crippen molar-refractivity contribution in [2.45, 2.75) is 38.8 Å². The lowest BCUT2D eigenvalue weighted by molar-refractivity contribution is -0.150. The number of fused-ring (bicyclic) bond motifs is 1. The Balaban J connectivity index is 1.60. The Labute approximate surface area is 204 Å². The van der Waals surface area contributed by atoms with Crippen molar-refractivity contribution < 1.29 is 28.9 Å². The summed E-state index contributed by atoms with van der Waals surface area (Å²) in [7, 11) is 1.57. The highest BCUT2D eigenvalue weighted by Crippen LogP contribution is 2.36. The molecule has 0 aliphatic carbocycles. The van der Waals surface area contributed by atoms with Crippen LogP contribution < -0.4 is 5.32 Å². The highest BCUT2D eigenvalue weighted by Gasteiger charge is 2.30. The molecule has 8 nitrogen and oxygen atoms in total. The summed E-state index contributed by atoms with van der Waals surface area (Å²) < 4.78 is 18.6. The van der Waals surface area contributed by atoms with E-state index in [2.05, 4.69) is 5.32 Å². The number of aliphatic hydroxyl groups excluding tert-OH is 1. The van der Waals surface area contributed by atoms with Crippen LogP contribution in [0, 0.1) is 0 Å². The van der Waals surface area contributed by atoms with Gasteiger partial charge in [0.15, 0.2) is 5.76 Å². The van der Waals surface area contributed by atoms with Crippen LogP contribution >= 0.6 is 0 Å². The standard InChI is InChI=1S/C27H30N2O6/c1-18(31)29-15-23(22-5-3-4-6-24(22)29)21-13-25(27(32)28-11-12-33-2)35-26(14-21)34-17-20-9-7-19(16-30)8-10-20/h3-10,13,15,21,26,30H,11-12,14,16-17H2,1-2H3,(H,28,32)/t21-,26+/m1/s1. The Morgan fingerprint density at radius 3 is 2.60 bits per heavy atom. The second kappa shape index (κ2) is 11.3. The highest BCUT2D eigenvalue weighted by molar-refractivity contribution is 5.95. The lowest BCUT2D eigenvalue weighted by Gasteiger charge is -2.29. The topological polar surface area (TPSA) is 99.0 Å². The number of hydrogen-bond donors (Lipinski definition) is 2. The van der Waals surface area contributed by atoms with E-state index in [1.54, 1.807) is 17.8 Å². The maximum atomic E-state index is 12.8. The minimum atomic E-state index is -0.662. The molecule has 2 heterocycles. The average Bonchev–Trinajstić information content (AvgIpc) is 3.28. The Morgan fingerprint density at radius 1 is 1.14 bits per heavy atom. The SMILES string of the molecule is COCCNC(=O)C1=C[C@@H](c2cn(C(C)=O)c3ccccc23)C[C@@H](OCc2ccc(CO)cc2)O1. The number of nitrogens with zero attached hydrogens (tertiary/aromatic N) is 1. The van der Waals surface area contributed by atoms with Crippen LogP contribution in [0.15, 0.2) is 66.6 Å². The van der Waals surface area contributed by atoms with Crippen LogP contribution in [0.4, 0.5) is 0 Å². The zero-order valence-electron chi connectivity index (χ0n) is 19.9. The van der Waals surface area contributed by atoms with E-state index in [4.69, 9.17) is 14.2 Å². The molecule has 2 aromatic carbocycles. The number of para-hydroxylation sites is 1. The van der Waals surface area contributed by atoms with Crippen LogP contribution in [0.2, 0.25) is 0 Å². The molecule has 0 saturated carbocycles. The summed E-state index contributed by atoms with van der Waals surface area (Å²) in [5.41, 5.74) is 3.50. The predicted molar refractivity (Wildman–Crippen MR) is 131 cm³/mol. The molecule has 3 aromatic rings. The van der Waals surface area contributed by atoms with Crippen LogP contribution in [0.3, 0.4) is 0 Å². The van der Waals surface area contributed by atoms with E-state index in [0.717, 1.165) is 27.6 Å². The summed E-state index contributed by atoms with van der Waals surface area (Å²) >= 11 is 0. The normalized spacial score (nSPS) is 17.6. The van der Waals surface area contributed by atoms with Gasteiger partial charge in [-0.15, -0.1) is 0 Å². The first-order chi connectivity index (χ1) is 17.0. The van der Waals surface area contributed by atoms with Crippen molar-refractivity contribution in [2.24, 2.45) is 0 Å². The second-order valence-electron chi connectivity index (χ2n) is 8.45. The Bertz CT molecular complexity index is 1210. The van der Waals surface area contributed by atoms with E-state index in [-0.39, 0.29) is 36.7 Å². The summed E-state index contributed by atoms with van der Waals surface area (Å²) in [5.74, 6) is -0.445. The second-order valence-corrected chi connectivity index (χ2v) is 8.45. The van der Waals surface area contributed by atoms with Gasteiger partial charge in [0, 0.05) is 44.5 Å². The average molecular weight is 479 g/mol. The molecule has 0 unspecified atom stereocenters. The van der Waals surface area contributed by atoms with Crippen molar-refractivity contribution in [2.75, 3.05) is 20.3 Å². The monoisotopic (exact) mass is 478 g/mol. The van der Waals surface area contributed by atoms with Gasteiger partial charge in [-0.05, 0) is 28.8 Å². The quantitative estimate of drug-likeness (QED) is 0.457. The van der Waals surface area contributed by atoms with E-state index >= 15 is 0 Å². The Kier molecular flexibility index (Phi) is 7.97. The minimum absolute atomic E-state index is 0.0191. The van der Waals surface area contributed by atoms with Gasteiger partial charge in [-0.1, -0.05) is 42.5 Å². The molecular weight excluding hydrogens is 448 g/mol. The van der Waals surface area contributed by atoms with Crippen molar-refractivity contribution >= 4 is 22.7 Å². The molecule has 1 aliphatic rings. The van der Waals surface area contributed by atoms with Gasteiger partial charge in [-0.2, -0.15) is 0 Å². The molecule has 1 aliphatic heterocycles. The van der Waals surface area contributed by atoms with Crippen molar-refractivity contribution in [3.8, 4) is 0 Å². The van der Waals surface area contributed by atoms with Crippen LogP contribution in [0.1, 0.15) is 40.7 Å². The fourth-order valence-electron chi connectivity index (χ4n) is 4.18. The van der Waals surface area contributed by atoms with Gasteiger partial charge in [-0.25, -0.2) is 0 Å². The predicted octanol–water partition coefficient (Wildman–Crippen LogP) is 3.49. The summed E-state index contributed by atoms with van der Waals surface area (Å²) in [4.78, 5) is 25.1. The van der Waals surface area contributed by atoms with Gasteiger partial charge in [0.25, 0.3) is 5.91 Å². The van der Waals surface area contributed by atoms with Crippen LogP contribution in [0.25, 0.3) is 10.9 Å². The number of allylic oxidation sites excluding steroid dienone is 1. The number of amides is 1. The molecule has 184 valence electrons. The molecule has 0 radical (unpaired) electrons. The Hall–Kier alpha value is -3.46. The maximum absolute atomic E-state index is 12.8. The third-order valence-corrected chi connectivity index (χ3v) is 6.00. The number of aliphatic hydroxyl groups is 1. The van der Waals surface area contributed by atoms with Gasteiger partial charge in [0.05, 0.1) is 25.3 Å². The highest BCUT2D eigenvalue weighted by atomic mass is 16.7. The fourth-order valence-corrected chi connectivity index (χ4v) is 4.18. The maximum Gasteiger partial charge on any atom is 0.286 e. The van der Waals surface area contributed by atoms with Gasteiger partial charge < -0.3 is 24.6 Å². The summed E-state index contributed by atoms with van der Waals surface area (Å²) in [6, 6.07) is 15.2. The number of hydrogen-bond acceptors (Lipinski definition) is 6. The third kappa shape index (κ3) is 5.79. The summed E-state index contributed by atoms with van der Waals surface area (Å²) in [6.45, 7) is 2.54. The molecule has 2 atom stereocenters. The lowest BCUT2D eigenvalue weighted by Crippen LogP contribution is -2.34. The molecule has 1 amide bonds. The molecule has 0 saturated heterocycles. The number of carbonyl (C=O) groups excluding carboxylic acids is 2. The molecule has 35 heavy (non-hydrogen) atoms. The summed E-state index contributed by atoms with van der Waals surface area (Å²) in [6.07, 6.45) is 3.45. The smallest absolute Gasteiger partial charge is 0.286 e. The van der Waals surface area contributed by atoms with E-state index in [0.29, 0.717) is 19.6 Å². The van der Waals surface area contributed by atoms with E-state index in [1.165, 1.54) is 6.92 Å². The minimum Gasteiger partial charge on any atom is -0.459 e. The molecule has 0 fully saturated rings.